The third kappa shape index (κ3) is 1.48. The van der Waals surface area contributed by atoms with E-state index in [2.05, 4.69) is 21.4 Å². The van der Waals surface area contributed by atoms with Crippen molar-refractivity contribution in [2.45, 2.75) is 6.42 Å². The van der Waals surface area contributed by atoms with E-state index in [9.17, 15) is 0 Å². The summed E-state index contributed by atoms with van der Waals surface area (Å²) in [5.74, 6) is 0.488. The minimum Gasteiger partial charge on any atom is -0.369 e. The molecule has 2 heterocycles. The smallest absolute Gasteiger partial charge is 0.197 e. The predicted molar refractivity (Wildman–Crippen MR) is 50.1 cm³/mol. The maximum absolute atomic E-state index is 5.44. The van der Waals surface area contributed by atoms with Crippen LogP contribution in [0.15, 0.2) is 23.7 Å². The monoisotopic (exact) mass is 179 g/mol. The fourth-order valence-electron chi connectivity index (χ4n) is 1.07. The summed E-state index contributed by atoms with van der Waals surface area (Å²) >= 11 is 1.74. The summed E-state index contributed by atoms with van der Waals surface area (Å²) in [6.07, 6.45) is 2.66. The molecule has 0 amide bonds. The van der Waals surface area contributed by atoms with Crippen molar-refractivity contribution in [3.8, 4) is 0 Å². The highest BCUT2D eigenvalue weighted by atomic mass is 32.1. The predicted octanol–water partition coefficient (Wildman–Crippen LogP) is 1.64. The maximum Gasteiger partial charge on any atom is 0.197 e. The maximum atomic E-state index is 5.44. The van der Waals surface area contributed by atoms with Crippen molar-refractivity contribution in [2.75, 3.05) is 5.73 Å². The number of rotatable bonds is 2. The van der Waals surface area contributed by atoms with Gasteiger partial charge in [0.2, 0.25) is 0 Å². The van der Waals surface area contributed by atoms with Crippen LogP contribution in [0.3, 0.4) is 0 Å². The Kier molecular flexibility index (Phi) is 1.83. The molecular formula is C8H9N3S. The van der Waals surface area contributed by atoms with E-state index in [1.807, 2.05) is 6.07 Å². The quantitative estimate of drug-likeness (QED) is 0.736. The standard InChI is InChI=1S/C8H9N3S/c9-8-10-5-6(11-8)4-7-2-1-3-12-7/h1-3,5H,4H2,(H3,9,10,11). The summed E-state index contributed by atoms with van der Waals surface area (Å²) in [6, 6.07) is 4.14. The van der Waals surface area contributed by atoms with E-state index in [1.165, 1.54) is 4.88 Å². The number of hydrogen-bond donors (Lipinski definition) is 2. The first-order valence-corrected chi connectivity index (χ1v) is 4.54. The fraction of sp³-hybridized carbons (Fsp3) is 0.125. The minimum absolute atomic E-state index is 0.488. The molecule has 0 aromatic carbocycles. The molecule has 0 saturated carbocycles. The van der Waals surface area contributed by atoms with E-state index in [0.717, 1.165) is 12.1 Å². The first-order valence-electron chi connectivity index (χ1n) is 3.66. The van der Waals surface area contributed by atoms with Gasteiger partial charge in [-0.25, -0.2) is 4.98 Å². The van der Waals surface area contributed by atoms with Crippen molar-refractivity contribution in [3.63, 3.8) is 0 Å². The molecule has 62 valence electrons. The van der Waals surface area contributed by atoms with E-state index in [4.69, 9.17) is 5.73 Å². The highest BCUT2D eigenvalue weighted by Crippen LogP contribution is 2.13. The van der Waals surface area contributed by atoms with Crippen LogP contribution < -0.4 is 5.73 Å². The summed E-state index contributed by atoms with van der Waals surface area (Å²) in [7, 11) is 0. The molecule has 0 spiro atoms. The van der Waals surface area contributed by atoms with Gasteiger partial charge >= 0.3 is 0 Å². The molecule has 2 rings (SSSR count). The number of aromatic amines is 1. The lowest BCUT2D eigenvalue weighted by Gasteiger charge is -1.91. The van der Waals surface area contributed by atoms with E-state index in [-0.39, 0.29) is 0 Å². The molecule has 12 heavy (non-hydrogen) atoms. The summed E-state index contributed by atoms with van der Waals surface area (Å²) in [5.41, 5.74) is 6.51. The van der Waals surface area contributed by atoms with Gasteiger partial charge in [-0.15, -0.1) is 11.3 Å². The summed E-state index contributed by atoms with van der Waals surface area (Å²) in [6.45, 7) is 0. The Morgan fingerprint density at radius 3 is 3.08 bits per heavy atom. The number of hydrogen-bond acceptors (Lipinski definition) is 3. The van der Waals surface area contributed by atoms with Crippen molar-refractivity contribution in [3.05, 3.63) is 34.3 Å². The largest absolute Gasteiger partial charge is 0.369 e. The van der Waals surface area contributed by atoms with E-state index < -0.39 is 0 Å². The van der Waals surface area contributed by atoms with E-state index >= 15 is 0 Å². The van der Waals surface area contributed by atoms with Crippen LogP contribution in [0, 0.1) is 0 Å². The Morgan fingerprint density at radius 2 is 2.50 bits per heavy atom. The Hall–Kier alpha value is -1.29. The molecule has 0 aliphatic heterocycles. The normalized spacial score (nSPS) is 10.3. The average molecular weight is 179 g/mol. The van der Waals surface area contributed by atoms with Crippen LogP contribution in [-0.4, -0.2) is 9.97 Å². The van der Waals surface area contributed by atoms with Gasteiger partial charge in [0.1, 0.15) is 0 Å². The molecule has 0 atom stereocenters. The second-order valence-electron chi connectivity index (χ2n) is 2.55. The van der Waals surface area contributed by atoms with Gasteiger partial charge in [-0.1, -0.05) is 6.07 Å². The molecule has 0 aliphatic rings. The molecule has 3 N–H and O–H groups in total. The molecule has 4 heteroatoms. The molecule has 3 nitrogen and oxygen atoms in total. The van der Waals surface area contributed by atoms with Gasteiger partial charge in [0.25, 0.3) is 0 Å². The SMILES string of the molecule is Nc1ncc(Cc2cccs2)[nH]1. The number of nitrogens with two attached hydrogens (primary N) is 1. The minimum atomic E-state index is 0.488. The summed E-state index contributed by atoms with van der Waals surface area (Å²) in [4.78, 5) is 8.23. The van der Waals surface area contributed by atoms with Crippen LogP contribution in [0.5, 0.6) is 0 Å². The van der Waals surface area contributed by atoms with Crippen molar-refractivity contribution in [1.29, 1.82) is 0 Å². The zero-order valence-electron chi connectivity index (χ0n) is 6.45. The topological polar surface area (TPSA) is 54.7 Å². The molecule has 0 unspecified atom stereocenters. The zero-order valence-corrected chi connectivity index (χ0v) is 7.27. The lowest BCUT2D eigenvalue weighted by Crippen LogP contribution is -1.87. The van der Waals surface area contributed by atoms with Gasteiger partial charge in [-0.05, 0) is 11.4 Å². The van der Waals surface area contributed by atoms with Crippen molar-refractivity contribution in [2.24, 2.45) is 0 Å². The molecule has 0 aliphatic carbocycles. The van der Waals surface area contributed by atoms with Crippen LogP contribution in [0.4, 0.5) is 5.95 Å². The van der Waals surface area contributed by atoms with Gasteiger partial charge in [-0.2, -0.15) is 0 Å². The third-order valence-corrected chi connectivity index (χ3v) is 2.47. The first kappa shape index (κ1) is 7.36. The van der Waals surface area contributed by atoms with Crippen LogP contribution in [0.25, 0.3) is 0 Å². The second kappa shape index (κ2) is 2.98. The van der Waals surface area contributed by atoms with Crippen LogP contribution in [0.2, 0.25) is 0 Å². The number of thiophene rings is 1. The first-order chi connectivity index (χ1) is 5.84. The molecule has 0 radical (unpaired) electrons. The summed E-state index contributed by atoms with van der Waals surface area (Å²) in [5, 5.41) is 2.06. The lowest BCUT2D eigenvalue weighted by molar-refractivity contribution is 1.14. The average Bonchev–Trinajstić information content (AvgIpc) is 2.63. The Balaban J connectivity index is 2.14. The van der Waals surface area contributed by atoms with E-state index in [0.29, 0.717) is 5.95 Å². The van der Waals surface area contributed by atoms with Crippen molar-refractivity contribution in [1.82, 2.24) is 9.97 Å². The van der Waals surface area contributed by atoms with Gasteiger partial charge in [0.15, 0.2) is 5.95 Å². The van der Waals surface area contributed by atoms with Crippen molar-refractivity contribution < 1.29 is 0 Å². The lowest BCUT2D eigenvalue weighted by atomic mass is 10.3. The molecular weight excluding hydrogens is 170 g/mol. The highest BCUT2D eigenvalue weighted by molar-refractivity contribution is 7.09. The van der Waals surface area contributed by atoms with Crippen molar-refractivity contribution >= 4 is 17.3 Å². The second-order valence-corrected chi connectivity index (χ2v) is 3.58. The van der Waals surface area contributed by atoms with Gasteiger partial charge in [0.05, 0.1) is 6.20 Å². The number of nitrogen functional groups attached to an aromatic ring is 1. The number of H-pyrrole nitrogens is 1. The van der Waals surface area contributed by atoms with Gasteiger partial charge in [-0.3, -0.25) is 0 Å². The summed E-state index contributed by atoms with van der Waals surface area (Å²) < 4.78 is 0. The number of aromatic nitrogens is 2. The Labute approximate surface area is 74.3 Å². The molecule has 2 aromatic rings. The highest BCUT2D eigenvalue weighted by Gasteiger charge is 1.99. The zero-order chi connectivity index (χ0) is 8.39. The van der Waals surface area contributed by atoms with E-state index in [1.54, 1.807) is 17.5 Å². The van der Waals surface area contributed by atoms with Crippen LogP contribution in [-0.2, 0) is 6.42 Å². The third-order valence-electron chi connectivity index (χ3n) is 1.59. The van der Waals surface area contributed by atoms with Gasteiger partial charge in [0, 0.05) is 17.0 Å². The Bertz CT molecular complexity index is 350. The number of imidazole rings is 1. The number of anilines is 1. The molecule has 2 aromatic heterocycles. The van der Waals surface area contributed by atoms with Crippen LogP contribution in [0.1, 0.15) is 10.6 Å². The fourth-order valence-corrected chi connectivity index (χ4v) is 1.80. The van der Waals surface area contributed by atoms with Gasteiger partial charge < -0.3 is 10.7 Å². The number of nitrogens with one attached hydrogen (secondary N) is 1. The number of nitrogens with zero attached hydrogens (tertiary/aromatic N) is 1. The molecule has 0 bridgehead atoms. The Morgan fingerprint density at radius 1 is 1.58 bits per heavy atom. The molecule has 0 fully saturated rings. The van der Waals surface area contributed by atoms with Crippen LogP contribution >= 0.6 is 11.3 Å². The molecule has 0 saturated heterocycles.